The molecule has 0 N–H and O–H groups in total. The summed E-state index contributed by atoms with van der Waals surface area (Å²) in [5.74, 6) is -0.398. The van der Waals surface area contributed by atoms with Crippen molar-refractivity contribution >= 4 is 25.5 Å². The number of anilines is 1. The van der Waals surface area contributed by atoms with Crippen molar-refractivity contribution in [2.45, 2.75) is 10.9 Å². The first-order chi connectivity index (χ1) is 12.2. The van der Waals surface area contributed by atoms with Gasteiger partial charge in [0.25, 0.3) is 10.0 Å². The van der Waals surface area contributed by atoms with Crippen molar-refractivity contribution in [3.63, 3.8) is 0 Å². The van der Waals surface area contributed by atoms with Crippen LogP contribution < -0.4 is 9.04 Å². The van der Waals surface area contributed by atoms with Gasteiger partial charge in [0.15, 0.2) is 9.84 Å². The summed E-state index contributed by atoms with van der Waals surface area (Å²) >= 11 is 0. The second kappa shape index (κ2) is 6.73. The Labute approximate surface area is 151 Å². The molecule has 0 spiro atoms. The van der Waals surface area contributed by atoms with E-state index in [-0.39, 0.29) is 16.3 Å². The number of halogens is 1. The van der Waals surface area contributed by atoms with E-state index in [0.717, 1.165) is 34.0 Å². The van der Waals surface area contributed by atoms with Gasteiger partial charge in [-0.1, -0.05) is 0 Å². The molecule has 2 aromatic rings. The van der Waals surface area contributed by atoms with Crippen molar-refractivity contribution < 1.29 is 26.0 Å². The van der Waals surface area contributed by atoms with Crippen LogP contribution in [0, 0.1) is 5.82 Å². The molecule has 0 unspecified atom stereocenters. The van der Waals surface area contributed by atoms with Gasteiger partial charge in [-0.3, -0.25) is 4.31 Å². The van der Waals surface area contributed by atoms with E-state index in [2.05, 4.69) is 0 Å². The summed E-state index contributed by atoms with van der Waals surface area (Å²) in [5, 5.41) is 1.01. The van der Waals surface area contributed by atoms with Gasteiger partial charge in [0.2, 0.25) is 0 Å². The highest BCUT2D eigenvalue weighted by atomic mass is 32.2. The zero-order chi connectivity index (χ0) is 18.9. The maximum Gasteiger partial charge on any atom is 0.264 e. The SMILES string of the molecule is COc1ccc(N([C@H]2C=CS(=O)(=O)C2)S(=O)(=O)c2ccc(F)cc2)cc1. The number of sulfonamides is 1. The molecule has 9 heteroatoms. The Morgan fingerprint density at radius 1 is 1.08 bits per heavy atom. The minimum atomic E-state index is -4.11. The first-order valence-corrected chi connectivity index (χ1v) is 10.7. The van der Waals surface area contributed by atoms with Gasteiger partial charge in [0.1, 0.15) is 11.6 Å². The molecule has 1 atom stereocenters. The van der Waals surface area contributed by atoms with Crippen LogP contribution in [0.4, 0.5) is 10.1 Å². The predicted octanol–water partition coefficient (Wildman–Crippen LogP) is 2.34. The predicted molar refractivity (Wildman–Crippen MR) is 95.8 cm³/mol. The van der Waals surface area contributed by atoms with E-state index in [0.29, 0.717) is 5.75 Å². The summed E-state index contributed by atoms with van der Waals surface area (Å²) in [7, 11) is -6.12. The van der Waals surface area contributed by atoms with E-state index in [1.54, 1.807) is 12.1 Å². The number of methoxy groups -OCH3 is 1. The number of hydrogen-bond donors (Lipinski definition) is 0. The number of rotatable bonds is 5. The van der Waals surface area contributed by atoms with Gasteiger partial charge in [0.05, 0.1) is 29.5 Å². The Bertz CT molecular complexity index is 1030. The molecule has 26 heavy (non-hydrogen) atoms. The monoisotopic (exact) mass is 397 g/mol. The lowest BCUT2D eigenvalue weighted by atomic mass is 10.2. The number of ether oxygens (including phenoxy) is 1. The lowest BCUT2D eigenvalue weighted by Gasteiger charge is -2.29. The summed E-state index contributed by atoms with van der Waals surface area (Å²) in [4.78, 5) is -0.132. The molecule has 3 rings (SSSR count). The van der Waals surface area contributed by atoms with Crippen LogP contribution in [-0.2, 0) is 19.9 Å². The lowest BCUT2D eigenvalue weighted by Crippen LogP contribution is -2.41. The topological polar surface area (TPSA) is 80.8 Å². The molecule has 0 saturated carbocycles. The summed E-state index contributed by atoms with van der Waals surface area (Å²) in [6.07, 6.45) is 1.33. The summed E-state index contributed by atoms with van der Waals surface area (Å²) in [5.41, 5.74) is 0.280. The lowest BCUT2D eigenvalue weighted by molar-refractivity contribution is 0.415. The normalized spacial score (nSPS) is 18.6. The van der Waals surface area contributed by atoms with Crippen LogP contribution in [-0.4, -0.2) is 35.7 Å². The Morgan fingerprint density at radius 3 is 2.19 bits per heavy atom. The van der Waals surface area contributed by atoms with Crippen LogP contribution in [0.1, 0.15) is 0 Å². The van der Waals surface area contributed by atoms with Gasteiger partial charge >= 0.3 is 0 Å². The molecule has 0 amide bonds. The minimum Gasteiger partial charge on any atom is -0.497 e. The third kappa shape index (κ3) is 3.58. The smallest absolute Gasteiger partial charge is 0.264 e. The molecule has 0 fully saturated rings. The third-order valence-corrected chi connectivity index (χ3v) is 7.16. The largest absolute Gasteiger partial charge is 0.497 e. The van der Waals surface area contributed by atoms with Gasteiger partial charge in [0, 0.05) is 5.41 Å². The number of hydrogen-bond acceptors (Lipinski definition) is 5. The quantitative estimate of drug-likeness (QED) is 0.774. The first kappa shape index (κ1) is 18.4. The second-order valence-corrected chi connectivity index (χ2v) is 9.42. The van der Waals surface area contributed by atoms with E-state index in [4.69, 9.17) is 4.74 Å². The van der Waals surface area contributed by atoms with Crippen molar-refractivity contribution in [3.05, 3.63) is 65.8 Å². The summed E-state index contributed by atoms with van der Waals surface area (Å²) in [6, 6.07) is 9.69. The van der Waals surface area contributed by atoms with Crippen LogP contribution in [0.2, 0.25) is 0 Å². The highest BCUT2D eigenvalue weighted by Crippen LogP contribution is 2.31. The molecule has 1 aliphatic rings. The second-order valence-electron chi connectivity index (χ2n) is 5.68. The van der Waals surface area contributed by atoms with Gasteiger partial charge in [-0.25, -0.2) is 21.2 Å². The molecular weight excluding hydrogens is 381 g/mol. The molecule has 1 aliphatic heterocycles. The third-order valence-electron chi connectivity index (χ3n) is 3.91. The highest BCUT2D eigenvalue weighted by Gasteiger charge is 2.35. The Balaban J connectivity index is 2.10. The van der Waals surface area contributed by atoms with Crippen molar-refractivity contribution in [2.75, 3.05) is 17.2 Å². The number of nitrogens with zero attached hydrogens (tertiary/aromatic N) is 1. The van der Waals surface area contributed by atoms with E-state index in [9.17, 15) is 21.2 Å². The minimum absolute atomic E-state index is 0.132. The molecule has 138 valence electrons. The van der Waals surface area contributed by atoms with Crippen molar-refractivity contribution in [2.24, 2.45) is 0 Å². The van der Waals surface area contributed by atoms with Crippen LogP contribution >= 0.6 is 0 Å². The maximum atomic E-state index is 13.2. The fourth-order valence-electron chi connectivity index (χ4n) is 2.66. The molecule has 0 bridgehead atoms. The van der Waals surface area contributed by atoms with Crippen LogP contribution in [0.3, 0.4) is 0 Å². The first-order valence-electron chi connectivity index (χ1n) is 7.58. The molecule has 1 heterocycles. The van der Waals surface area contributed by atoms with Gasteiger partial charge in [-0.15, -0.1) is 0 Å². The summed E-state index contributed by atoms with van der Waals surface area (Å²) in [6.45, 7) is 0. The highest BCUT2D eigenvalue weighted by molar-refractivity contribution is 7.95. The number of sulfone groups is 1. The Hall–Kier alpha value is -2.39. The van der Waals surface area contributed by atoms with Gasteiger partial charge < -0.3 is 4.74 Å². The molecule has 2 aromatic carbocycles. The Kier molecular flexibility index (Phi) is 4.76. The zero-order valence-corrected chi connectivity index (χ0v) is 15.4. The summed E-state index contributed by atoms with van der Waals surface area (Å²) < 4.78 is 69.2. The average Bonchev–Trinajstić information content (AvgIpc) is 2.95. The maximum absolute atomic E-state index is 13.2. The number of benzene rings is 2. The van der Waals surface area contributed by atoms with Crippen molar-refractivity contribution in [1.82, 2.24) is 0 Å². The van der Waals surface area contributed by atoms with Gasteiger partial charge in [-0.05, 0) is 54.6 Å². The molecule has 0 aliphatic carbocycles. The molecule has 0 radical (unpaired) electrons. The molecule has 0 saturated heterocycles. The van der Waals surface area contributed by atoms with Crippen LogP contribution in [0.25, 0.3) is 0 Å². The fourth-order valence-corrected chi connectivity index (χ4v) is 5.63. The van der Waals surface area contributed by atoms with Gasteiger partial charge in [-0.2, -0.15) is 0 Å². The van der Waals surface area contributed by atoms with Crippen LogP contribution in [0.5, 0.6) is 5.75 Å². The van der Waals surface area contributed by atoms with E-state index < -0.39 is 31.7 Å². The van der Waals surface area contributed by atoms with E-state index >= 15 is 0 Å². The van der Waals surface area contributed by atoms with Crippen LogP contribution in [0.15, 0.2) is 64.9 Å². The standard InChI is InChI=1S/C17H16FNO5S2/c1-24-16-6-4-14(5-7-16)19(15-10-11-25(20,21)12-15)26(22,23)17-8-2-13(18)3-9-17/h2-11,15H,12H2,1H3/t15-/m0/s1. The van der Waals surface area contributed by atoms with Crippen molar-refractivity contribution in [3.8, 4) is 5.75 Å². The molecule has 6 nitrogen and oxygen atoms in total. The molecular formula is C17H16FNO5S2. The Morgan fingerprint density at radius 2 is 1.69 bits per heavy atom. The fraction of sp³-hybridized carbons (Fsp3) is 0.176. The van der Waals surface area contributed by atoms with E-state index in [1.165, 1.54) is 25.3 Å². The zero-order valence-electron chi connectivity index (χ0n) is 13.7. The molecule has 0 aromatic heterocycles. The average molecular weight is 397 g/mol. The van der Waals surface area contributed by atoms with E-state index in [1.807, 2.05) is 0 Å². The van der Waals surface area contributed by atoms with Crippen molar-refractivity contribution in [1.29, 1.82) is 0 Å².